The van der Waals surface area contributed by atoms with Crippen LogP contribution in [0.1, 0.15) is 43.7 Å². The fraction of sp³-hybridized carbons (Fsp3) is 0.318. The van der Waals surface area contributed by atoms with Gasteiger partial charge in [-0.15, -0.1) is 0 Å². The molecule has 0 bridgehead atoms. The second-order valence-corrected chi connectivity index (χ2v) is 8.40. The number of benzene rings is 1. The van der Waals surface area contributed by atoms with Crippen LogP contribution in [0.4, 0.5) is 10.6 Å². The molecule has 0 fully saturated rings. The third kappa shape index (κ3) is 6.96. The molecule has 0 aliphatic heterocycles. The van der Waals surface area contributed by atoms with Crippen molar-refractivity contribution in [3.63, 3.8) is 0 Å². The summed E-state index contributed by atoms with van der Waals surface area (Å²) in [5.74, 6) is -2.14. The fourth-order valence-electron chi connectivity index (χ4n) is 3.03. The highest BCUT2D eigenvalue weighted by molar-refractivity contribution is 6.06. The van der Waals surface area contributed by atoms with E-state index in [-0.39, 0.29) is 17.0 Å². The molecule has 35 heavy (non-hydrogen) atoms. The van der Waals surface area contributed by atoms with E-state index < -0.39 is 48.6 Å². The number of anilines is 1. The van der Waals surface area contributed by atoms with Gasteiger partial charge in [0.1, 0.15) is 24.6 Å². The van der Waals surface area contributed by atoms with Crippen molar-refractivity contribution >= 4 is 40.9 Å². The van der Waals surface area contributed by atoms with Crippen LogP contribution in [-0.2, 0) is 14.3 Å². The first-order chi connectivity index (χ1) is 16.5. The number of nitrogens with zero attached hydrogens (tertiary/aromatic N) is 4. The van der Waals surface area contributed by atoms with E-state index in [1.807, 2.05) is 0 Å². The van der Waals surface area contributed by atoms with Crippen molar-refractivity contribution in [2.45, 2.75) is 39.0 Å². The number of hydrogen-bond acceptors (Lipinski definition) is 8. The largest absolute Gasteiger partial charge is 0.481 e. The number of amides is 3. The van der Waals surface area contributed by atoms with Crippen molar-refractivity contribution in [3.8, 4) is 0 Å². The minimum absolute atomic E-state index is 0.120. The molecule has 2 heterocycles. The van der Waals surface area contributed by atoms with Gasteiger partial charge < -0.3 is 25.8 Å². The van der Waals surface area contributed by atoms with Gasteiger partial charge in [0.25, 0.3) is 5.91 Å². The third-order valence-electron chi connectivity index (χ3n) is 4.45. The van der Waals surface area contributed by atoms with Crippen LogP contribution in [0.25, 0.3) is 11.2 Å². The summed E-state index contributed by atoms with van der Waals surface area (Å²) in [7, 11) is 0. The molecule has 0 radical (unpaired) electrons. The summed E-state index contributed by atoms with van der Waals surface area (Å²) in [6.45, 7) is 4.60. The Bertz CT molecular complexity index is 1240. The molecule has 13 nitrogen and oxygen atoms in total. The summed E-state index contributed by atoms with van der Waals surface area (Å²) in [6, 6.07) is 8.49. The van der Waals surface area contributed by atoms with E-state index in [2.05, 4.69) is 30.9 Å². The number of alkyl carbamates (subject to hydrolysis) is 1. The first kappa shape index (κ1) is 25.1. The number of hydrogen-bond donors (Lipinski definition) is 4. The SMILES string of the molecule is CC(C)(C)OC(=O)NCC(=O)N[C@H](CC(=O)O)n1cnc2c(NC(=O)c3ccccc3)ncnc21. The first-order valence-electron chi connectivity index (χ1n) is 10.6. The molecule has 13 heteroatoms. The van der Waals surface area contributed by atoms with Crippen molar-refractivity contribution in [1.29, 1.82) is 0 Å². The molecule has 3 rings (SSSR count). The lowest BCUT2D eigenvalue weighted by Crippen LogP contribution is -2.42. The molecule has 3 aromatic rings. The van der Waals surface area contributed by atoms with Crippen molar-refractivity contribution in [2.24, 2.45) is 0 Å². The maximum Gasteiger partial charge on any atom is 0.408 e. The predicted molar refractivity (Wildman–Crippen MR) is 123 cm³/mol. The Morgan fingerprint density at radius 2 is 1.80 bits per heavy atom. The number of fused-ring (bicyclic) bond motifs is 1. The number of nitrogens with one attached hydrogen (secondary N) is 3. The summed E-state index contributed by atoms with van der Waals surface area (Å²) >= 11 is 0. The molecule has 2 aromatic heterocycles. The van der Waals surface area contributed by atoms with Crippen LogP contribution in [-0.4, -0.2) is 60.6 Å². The van der Waals surface area contributed by atoms with Crippen molar-refractivity contribution < 1.29 is 29.0 Å². The summed E-state index contributed by atoms with van der Waals surface area (Å²) in [5.41, 5.74) is 0.0608. The van der Waals surface area contributed by atoms with Gasteiger partial charge in [-0.3, -0.25) is 19.0 Å². The molecule has 1 aromatic carbocycles. The highest BCUT2D eigenvalue weighted by Gasteiger charge is 2.23. The topological polar surface area (TPSA) is 177 Å². The number of aliphatic carboxylic acids is 1. The number of ether oxygens (including phenoxy) is 1. The number of carboxylic acid groups (broad SMARTS) is 1. The van der Waals surface area contributed by atoms with Crippen molar-refractivity contribution in [1.82, 2.24) is 30.2 Å². The highest BCUT2D eigenvalue weighted by Crippen LogP contribution is 2.22. The lowest BCUT2D eigenvalue weighted by atomic mass is 10.2. The second-order valence-electron chi connectivity index (χ2n) is 8.40. The summed E-state index contributed by atoms with van der Waals surface area (Å²) in [6.07, 6.45) is 0.0942. The number of carboxylic acids is 1. The van der Waals surface area contributed by atoms with Crippen LogP contribution in [0.15, 0.2) is 43.0 Å². The Kier molecular flexibility index (Phi) is 7.59. The van der Waals surface area contributed by atoms with Gasteiger partial charge in [0.2, 0.25) is 5.91 Å². The second kappa shape index (κ2) is 10.6. The van der Waals surface area contributed by atoms with Gasteiger partial charge in [0.05, 0.1) is 12.7 Å². The predicted octanol–water partition coefficient (Wildman–Crippen LogP) is 1.69. The standard InChI is InChI=1S/C22H25N7O6/c1-22(2,3)35-21(34)23-10-15(30)27-14(9-16(31)32)29-12-26-17-18(24-11-25-19(17)29)28-20(33)13-7-5-4-6-8-13/h4-8,11-12,14H,9-10H2,1-3H3,(H,23,34)(H,27,30)(H,31,32)(H,24,25,28,33)/t14-/m0/s1. The van der Waals surface area contributed by atoms with Crippen molar-refractivity contribution in [3.05, 3.63) is 48.5 Å². The summed E-state index contributed by atoms with van der Waals surface area (Å²) in [5, 5.41) is 16.8. The monoisotopic (exact) mass is 483 g/mol. The minimum atomic E-state index is -1.19. The summed E-state index contributed by atoms with van der Waals surface area (Å²) in [4.78, 5) is 60.6. The zero-order valence-electron chi connectivity index (χ0n) is 19.3. The maximum atomic E-state index is 12.5. The van der Waals surface area contributed by atoms with E-state index in [1.165, 1.54) is 17.2 Å². The fourth-order valence-corrected chi connectivity index (χ4v) is 3.03. The maximum absolute atomic E-state index is 12.5. The average Bonchev–Trinajstić information content (AvgIpc) is 3.21. The Labute approximate surface area is 199 Å². The van der Waals surface area contributed by atoms with Gasteiger partial charge in [-0.05, 0) is 32.9 Å². The van der Waals surface area contributed by atoms with Crippen LogP contribution in [0, 0.1) is 0 Å². The smallest absolute Gasteiger partial charge is 0.408 e. The Hall–Kier alpha value is -4.55. The highest BCUT2D eigenvalue weighted by atomic mass is 16.6. The molecule has 4 N–H and O–H groups in total. The molecular formula is C22H25N7O6. The quantitative estimate of drug-likeness (QED) is 0.371. The summed E-state index contributed by atoms with van der Waals surface area (Å²) < 4.78 is 6.42. The number of rotatable bonds is 8. The zero-order valence-corrected chi connectivity index (χ0v) is 19.3. The molecule has 184 valence electrons. The van der Waals surface area contributed by atoms with Crippen LogP contribution in [0.3, 0.4) is 0 Å². The Morgan fingerprint density at radius 3 is 2.46 bits per heavy atom. The normalized spacial score (nSPS) is 12.0. The Morgan fingerprint density at radius 1 is 1.09 bits per heavy atom. The zero-order chi connectivity index (χ0) is 25.6. The van der Waals surface area contributed by atoms with Gasteiger partial charge in [0, 0.05) is 5.56 Å². The van der Waals surface area contributed by atoms with Crippen LogP contribution in [0.5, 0.6) is 0 Å². The lowest BCUT2D eigenvalue weighted by molar-refractivity contribution is -0.138. The van der Waals surface area contributed by atoms with Gasteiger partial charge in [-0.25, -0.2) is 19.7 Å². The van der Waals surface area contributed by atoms with Gasteiger partial charge in [-0.1, -0.05) is 18.2 Å². The molecule has 0 unspecified atom stereocenters. The average molecular weight is 483 g/mol. The molecule has 0 saturated heterocycles. The number of carbonyl (C=O) groups is 4. The van der Waals surface area contributed by atoms with Gasteiger partial charge in [-0.2, -0.15) is 0 Å². The third-order valence-corrected chi connectivity index (χ3v) is 4.45. The van der Waals surface area contributed by atoms with Crippen LogP contribution in [0.2, 0.25) is 0 Å². The van der Waals surface area contributed by atoms with E-state index in [0.717, 1.165) is 0 Å². The van der Waals surface area contributed by atoms with E-state index in [9.17, 15) is 24.3 Å². The van der Waals surface area contributed by atoms with Gasteiger partial charge >= 0.3 is 12.1 Å². The lowest BCUT2D eigenvalue weighted by Gasteiger charge is -2.21. The molecule has 3 amide bonds. The van der Waals surface area contributed by atoms with E-state index in [0.29, 0.717) is 5.56 Å². The molecule has 0 spiro atoms. The van der Waals surface area contributed by atoms with E-state index in [1.54, 1.807) is 51.1 Å². The minimum Gasteiger partial charge on any atom is -0.481 e. The number of carbonyl (C=O) groups excluding carboxylic acids is 3. The first-order valence-corrected chi connectivity index (χ1v) is 10.6. The molecule has 0 saturated carbocycles. The number of aromatic nitrogens is 4. The van der Waals surface area contributed by atoms with Crippen LogP contribution >= 0.6 is 0 Å². The number of imidazole rings is 1. The van der Waals surface area contributed by atoms with E-state index in [4.69, 9.17) is 4.74 Å². The van der Waals surface area contributed by atoms with Crippen LogP contribution < -0.4 is 16.0 Å². The Balaban J connectivity index is 1.78. The molecule has 0 aliphatic rings. The molecular weight excluding hydrogens is 458 g/mol. The van der Waals surface area contributed by atoms with Crippen molar-refractivity contribution in [2.75, 3.05) is 11.9 Å². The van der Waals surface area contributed by atoms with E-state index >= 15 is 0 Å². The van der Waals surface area contributed by atoms with Gasteiger partial charge in [0.15, 0.2) is 17.0 Å². The molecule has 1 atom stereocenters. The molecule has 0 aliphatic carbocycles.